The first-order valence-electron chi connectivity index (χ1n) is 6.23. The van der Waals surface area contributed by atoms with Crippen LogP contribution in [0, 0.1) is 5.92 Å². The molecule has 1 saturated carbocycles. The third kappa shape index (κ3) is 2.12. The SMILES string of the molecule is CCCN1CCCC2CCC(O)CC21. The molecule has 0 spiro atoms. The lowest BCUT2D eigenvalue weighted by Crippen LogP contribution is -2.49. The molecule has 82 valence electrons. The Morgan fingerprint density at radius 1 is 1.29 bits per heavy atom. The van der Waals surface area contributed by atoms with Crippen molar-refractivity contribution in [3.63, 3.8) is 0 Å². The van der Waals surface area contributed by atoms with Gasteiger partial charge in [0, 0.05) is 6.04 Å². The minimum atomic E-state index is -0.0197. The Hall–Kier alpha value is -0.0800. The van der Waals surface area contributed by atoms with Crippen LogP contribution in [0.25, 0.3) is 0 Å². The van der Waals surface area contributed by atoms with Crippen molar-refractivity contribution >= 4 is 0 Å². The number of piperidine rings is 1. The number of nitrogens with zero attached hydrogens (tertiary/aromatic N) is 1. The maximum Gasteiger partial charge on any atom is 0.0555 e. The molecule has 1 saturated heterocycles. The molecule has 3 atom stereocenters. The van der Waals surface area contributed by atoms with Crippen LogP contribution in [0.2, 0.25) is 0 Å². The summed E-state index contributed by atoms with van der Waals surface area (Å²) in [4.78, 5) is 2.62. The number of aliphatic hydroxyl groups excluding tert-OH is 1. The zero-order chi connectivity index (χ0) is 9.97. The van der Waals surface area contributed by atoms with E-state index in [4.69, 9.17) is 0 Å². The lowest BCUT2D eigenvalue weighted by Gasteiger charge is -2.45. The van der Waals surface area contributed by atoms with Gasteiger partial charge in [-0.2, -0.15) is 0 Å². The summed E-state index contributed by atoms with van der Waals surface area (Å²) in [5.41, 5.74) is 0. The largest absolute Gasteiger partial charge is 0.393 e. The summed E-state index contributed by atoms with van der Waals surface area (Å²) >= 11 is 0. The number of likely N-dealkylation sites (tertiary alicyclic amines) is 1. The van der Waals surface area contributed by atoms with Crippen LogP contribution in [-0.2, 0) is 0 Å². The van der Waals surface area contributed by atoms with Gasteiger partial charge in [0.2, 0.25) is 0 Å². The molecule has 0 amide bonds. The van der Waals surface area contributed by atoms with Gasteiger partial charge in [-0.25, -0.2) is 0 Å². The Morgan fingerprint density at radius 2 is 2.14 bits per heavy atom. The Bertz CT molecular complexity index is 181. The molecule has 1 heterocycles. The van der Waals surface area contributed by atoms with Crippen LogP contribution in [0.15, 0.2) is 0 Å². The minimum absolute atomic E-state index is 0.0197. The summed E-state index contributed by atoms with van der Waals surface area (Å²) in [5, 5.41) is 9.71. The third-order valence-electron chi connectivity index (χ3n) is 3.93. The van der Waals surface area contributed by atoms with Gasteiger partial charge in [0.25, 0.3) is 0 Å². The summed E-state index contributed by atoms with van der Waals surface area (Å²) < 4.78 is 0. The van der Waals surface area contributed by atoms with Crippen molar-refractivity contribution in [3.05, 3.63) is 0 Å². The van der Waals surface area contributed by atoms with Crippen molar-refractivity contribution in [2.75, 3.05) is 13.1 Å². The monoisotopic (exact) mass is 197 g/mol. The molecule has 2 fully saturated rings. The summed E-state index contributed by atoms with van der Waals surface area (Å²) in [5.74, 6) is 0.888. The Balaban J connectivity index is 1.97. The second-order valence-corrected chi connectivity index (χ2v) is 4.97. The molecule has 2 aliphatic rings. The van der Waals surface area contributed by atoms with Crippen LogP contribution in [-0.4, -0.2) is 35.2 Å². The van der Waals surface area contributed by atoms with Crippen LogP contribution in [0.1, 0.15) is 45.4 Å². The number of hydrogen-bond acceptors (Lipinski definition) is 2. The molecule has 2 nitrogen and oxygen atoms in total. The van der Waals surface area contributed by atoms with E-state index in [9.17, 15) is 5.11 Å². The second kappa shape index (κ2) is 4.63. The van der Waals surface area contributed by atoms with E-state index >= 15 is 0 Å². The summed E-state index contributed by atoms with van der Waals surface area (Å²) in [6, 6.07) is 0.701. The Morgan fingerprint density at radius 3 is 2.93 bits per heavy atom. The van der Waals surface area contributed by atoms with E-state index in [0.29, 0.717) is 6.04 Å². The molecule has 0 radical (unpaired) electrons. The first-order chi connectivity index (χ1) is 6.81. The second-order valence-electron chi connectivity index (χ2n) is 4.97. The minimum Gasteiger partial charge on any atom is -0.393 e. The average Bonchev–Trinajstić information content (AvgIpc) is 2.19. The van der Waals surface area contributed by atoms with Crippen LogP contribution < -0.4 is 0 Å². The van der Waals surface area contributed by atoms with Gasteiger partial charge in [-0.1, -0.05) is 6.92 Å². The molecule has 2 rings (SSSR count). The zero-order valence-corrected chi connectivity index (χ0v) is 9.28. The van der Waals surface area contributed by atoms with Crippen molar-refractivity contribution in [2.45, 2.75) is 57.6 Å². The first kappa shape index (κ1) is 10.4. The highest BCUT2D eigenvalue weighted by atomic mass is 16.3. The van der Waals surface area contributed by atoms with Gasteiger partial charge < -0.3 is 10.0 Å². The van der Waals surface area contributed by atoms with Gasteiger partial charge in [-0.3, -0.25) is 0 Å². The average molecular weight is 197 g/mol. The van der Waals surface area contributed by atoms with E-state index in [1.165, 1.54) is 38.8 Å². The standard InChI is InChI=1S/C12H23NO/c1-2-7-13-8-3-4-10-5-6-11(14)9-12(10)13/h10-12,14H,2-9H2,1H3. The molecular weight excluding hydrogens is 174 g/mol. The molecule has 2 heteroatoms. The maximum atomic E-state index is 9.71. The van der Waals surface area contributed by atoms with Gasteiger partial charge in [0.05, 0.1) is 6.10 Å². The van der Waals surface area contributed by atoms with E-state index < -0.39 is 0 Å². The fourth-order valence-electron chi connectivity index (χ4n) is 3.26. The van der Waals surface area contributed by atoms with Crippen molar-refractivity contribution < 1.29 is 5.11 Å². The van der Waals surface area contributed by atoms with Gasteiger partial charge in [0.1, 0.15) is 0 Å². The van der Waals surface area contributed by atoms with Crippen molar-refractivity contribution in [1.82, 2.24) is 4.90 Å². The number of rotatable bonds is 2. The number of aliphatic hydroxyl groups is 1. The van der Waals surface area contributed by atoms with Gasteiger partial charge >= 0.3 is 0 Å². The molecule has 3 unspecified atom stereocenters. The van der Waals surface area contributed by atoms with E-state index in [1.54, 1.807) is 0 Å². The third-order valence-corrected chi connectivity index (χ3v) is 3.93. The summed E-state index contributed by atoms with van der Waals surface area (Å²) in [6.45, 7) is 4.75. The fraction of sp³-hybridized carbons (Fsp3) is 1.00. The van der Waals surface area contributed by atoms with Crippen LogP contribution in [0.3, 0.4) is 0 Å². The molecule has 1 aliphatic carbocycles. The predicted octanol–water partition coefficient (Wildman–Crippen LogP) is 2.02. The van der Waals surface area contributed by atoms with Gasteiger partial charge in [-0.15, -0.1) is 0 Å². The lowest BCUT2D eigenvalue weighted by molar-refractivity contribution is 0.00232. The maximum absolute atomic E-state index is 9.71. The first-order valence-corrected chi connectivity index (χ1v) is 6.23. The highest BCUT2D eigenvalue weighted by Crippen LogP contribution is 2.35. The quantitative estimate of drug-likeness (QED) is 0.732. The van der Waals surface area contributed by atoms with Crippen LogP contribution in [0.4, 0.5) is 0 Å². The molecule has 14 heavy (non-hydrogen) atoms. The van der Waals surface area contributed by atoms with E-state index in [0.717, 1.165) is 18.8 Å². The molecular formula is C12H23NO. The lowest BCUT2D eigenvalue weighted by atomic mass is 9.77. The van der Waals surface area contributed by atoms with E-state index in [2.05, 4.69) is 11.8 Å². The van der Waals surface area contributed by atoms with Crippen molar-refractivity contribution in [2.24, 2.45) is 5.92 Å². The molecule has 1 aliphatic heterocycles. The Kier molecular flexibility index (Phi) is 3.45. The molecule has 0 bridgehead atoms. The Labute approximate surface area is 87.3 Å². The molecule has 0 aromatic heterocycles. The predicted molar refractivity (Wildman–Crippen MR) is 58.2 cm³/mol. The smallest absolute Gasteiger partial charge is 0.0555 e. The highest BCUT2D eigenvalue weighted by Gasteiger charge is 2.35. The van der Waals surface area contributed by atoms with E-state index in [1.807, 2.05) is 0 Å². The normalized spacial score (nSPS) is 39.4. The molecule has 0 aromatic carbocycles. The number of hydrogen-bond donors (Lipinski definition) is 1. The fourth-order valence-corrected chi connectivity index (χ4v) is 3.26. The topological polar surface area (TPSA) is 23.5 Å². The van der Waals surface area contributed by atoms with Crippen LogP contribution >= 0.6 is 0 Å². The van der Waals surface area contributed by atoms with Gasteiger partial charge in [-0.05, 0) is 57.5 Å². The molecule has 1 N–H and O–H groups in total. The number of fused-ring (bicyclic) bond motifs is 1. The van der Waals surface area contributed by atoms with Crippen molar-refractivity contribution in [1.29, 1.82) is 0 Å². The highest BCUT2D eigenvalue weighted by molar-refractivity contribution is 4.89. The summed E-state index contributed by atoms with van der Waals surface area (Å²) in [6.07, 6.45) is 7.33. The zero-order valence-electron chi connectivity index (χ0n) is 9.28. The van der Waals surface area contributed by atoms with Crippen molar-refractivity contribution in [3.8, 4) is 0 Å². The van der Waals surface area contributed by atoms with E-state index in [-0.39, 0.29) is 6.10 Å². The van der Waals surface area contributed by atoms with Crippen LogP contribution in [0.5, 0.6) is 0 Å². The van der Waals surface area contributed by atoms with Gasteiger partial charge in [0.15, 0.2) is 0 Å². The summed E-state index contributed by atoms with van der Waals surface area (Å²) in [7, 11) is 0. The molecule has 0 aromatic rings.